The Labute approximate surface area is 163 Å². The quantitative estimate of drug-likeness (QED) is 0.419. The lowest BCUT2D eigenvalue weighted by Crippen LogP contribution is -2.40. The zero-order chi connectivity index (χ0) is 21.8. The van der Waals surface area contributed by atoms with Gasteiger partial charge in [-0.05, 0) is 43.2 Å². The van der Waals surface area contributed by atoms with Crippen LogP contribution in [-0.2, 0) is 6.61 Å². The molecular weight excluding hydrogens is 402 g/mol. The summed E-state index contributed by atoms with van der Waals surface area (Å²) in [6.07, 6.45) is -10.5. The number of benzene rings is 2. The van der Waals surface area contributed by atoms with E-state index in [-0.39, 0.29) is 23.5 Å². The number of carbonyl (C=O) groups excluding carboxylic acids is 1. The van der Waals surface area contributed by atoms with Crippen LogP contribution in [0.4, 0.5) is 26.3 Å². The van der Waals surface area contributed by atoms with Crippen LogP contribution in [0.15, 0.2) is 36.4 Å². The second-order valence-electron chi connectivity index (χ2n) is 6.43. The molecule has 0 saturated carbocycles. The van der Waals surface area contributed by atoms with Gasteiger partial charge in [0.15, 0.2) is 5.92 Å². The lowest BCUT2D eigenvalue weighted by atomic mass is 10.1. The summed E-state index contributed by atoms with van der Waals surface area (Å²) < 4.78 is 86.3. The maximum atomic E-state index is 12.6. The third-order valence-electron chi connectivity index (χ3n) is 4.23. The number of hydrogen-bond acceptors (Lipinski definition) is 3. The first-order valence-corrected chi connectivity index (χ1v) is 8.47. The van der Waals surface area contributed by atoms with Crippen molar-refractivity contribution in [1.82, 2.24) is 0 Å². The summed E-state index contributed by atoms with van der Waals surface area (Å²) in [5, 5.41) is 0. The molecule has 0 radical (unpaired) electrons. The van der Waals surface area contributed by atoms with Crippen LogP contribution in [0.1, 0.15) is 27.0 Å². The molecule has 0 N–H and O–H groups in total. The predicted molar refractivity (Wildman–Crippen MR) is 93.2 cm³/mol. The average Bonchev–Trinajstić information content (AvgIpc) is 2.59. The van der Waals surface area contributed by atoms with Gasteiger partial charge in [0, 0.05) is 11.1 Å². The molecule has 158 valence electrons. The second kappa shape index (κ2) is 8.75. The monoisotopic (exact) mass is 420 g/mol. The van der Waals surface area contributed by atoms with Crippen molar-refractivity contribution in [3.8, 4) is 11.5 Å². The Morgan fingerprint density at radius 1 is 0.931 bits per heavy atom. The fraction of sp³-hybridized carbons (Fsp3) is 0.350. The molecular formula is C20H18F6O3. The van der Waals surface area contributed by atoms with Crippen molar-refractivity contribution in [1.29, 1.82) is 0 Å². The number of alkyl halides is 6. The van der Waals surface area contributed by atoms with Crippen molar-refractivity contribution < 1.29 is 40.6 Å². The van der Waals surface area contributed by atoms with E-state index in [0.717, 1.165) is 17.2 Å². The van der Waals surface area contributed by atoms with Crippen LogP contribution in [-0.4, -0.2) is 25.2 Å². The Kier molecular flexibility index (Phi) is 6.81. The SMILES string of the molecule is Cc1cccc(C)c1OCc1cc(OCC(C(F)(F)F)C(F)(F)F)ccc1C=O. The Morgan fingerprint density at radius 2 is 1.52 bits per heavy atom. The molecule has 0 aliphatic carbocycles. The first-order valence-electron chi connectivity index (χ1n) is 8.47. The van der Waals surface area contributed by atoms with Crippen LogP contribution >= 0.6 is 0 Å². The second-order valence-corrected chi connectivity index (χ2v) is 6.43. The van der Waals surface area contributed by atoms with Crippen molar-refractivity contribution in [3.05, 3.63) is 58.7 Å². The Hall–Kier alpha value is -2.71. The van der Waals surface area contributed by atoms with Crippen molar-refractivity contribution in [3.63, 3.8) is 0 Å². The molecule has 3 nitrogen and oxygen atoms in total. The van der Waals surface area contributed by atoms with Gasteiger partial charge in [0.2, 0.25) is 0 Å². The van der Waals surface area contributed by atoms with E-state index in [1.807, 2.05) is 32.0 Å². The van der Waals surface area contributed by atoms with Crippen LogP contribution in [0.2, 0.25) is 0 Å². The maximum absolute atomic E-state index is 12.6. The van der Waals surface area contributed by atoms with Crippen molar-refractivity contribution >= 4 is 6.29 Å². The minimum atomic E-state index is -5.49. The van der Waals surface area contributed by atoms with E-state index in [9.17, 15) is 31.1 Å². The highest BCUT2D eigenvalue weighted by Gasteiger charge is 2.57. The fourth-order valence-corrected chi connectivity index (χ4v) is 2.64. The highest BCUT2D eigenvalue weighted by atomic mass is 19.4. The smallest absolute Gasteiger partial charge is 0.403 e. The largest absolute Gasteiger partial charge is 0.493 e. The zero-order valence-electron chi connectivity index (χ0n) is 15.5. The standard InChI is InChI=1S/C20H18F6O3/c1-12-4-3-5-13(2)18(12)29-10-15-8-16(7-6-14(15)9-27)28-11-17(19(21,22)23)20(24,25)26/h3-9,17H,10-11H2,1-2H3. The van der Waals surface area contributed by atoms with Gasteiger partial charge < -0.3 is 9.47 Å². The molecule has 0 aliphatic rings. The summed E-state index contributed by atoms with van der Waals surface area (Å²) in [7, 11) is 0. The average molecular weight is 420 g/mol. The van der Waals surface area contributed by atoms with E-state index in [4.69, 9.17) is 9.47 Å². The molecule has 0 aliphatic heterocycles. The molecule has 0 fully saturated rings. The molecule has 0 bridgehead atoms. The van der Waals surface area contributed by atoms with Crippen molar-refractivity contribution in [2.45, 2.75) is 32.8 Å². The summed E-state index contributed by atoms with van der Waals surface area (Å²) in [4.78, 5) is 11.2. The van der Waals surface area contributed by atoms with Gasteiger partial charge in [-0.1, -0.05) is 18.2 Å². The summed E-state index contributed by atoms with van der Waals surface area (Å²) >= 11 is 0. The van der Waals surface area contributed by atoms with Crippen LogP contribution in [0.3, 0.4) is 0 Å². The number of halogens is 6. The highest BCUT2D eigenvalue weighted by molar-refractivity contribution is 5.77. The summed E-state index contributed by atoms with van der Waals surface area (Å²) in [5.41, 5.74) is 2.13. The summed E-state index contributed by atoms with van der Waals surface area (Å²) in [5.74, 6) is -3.27. The molecule has 0 aromatic heterocycles. The molecule has 2 rings (SSSR count). The van der Waals surface area contributed by atoms with E-state index >= 15 is 0 Å². The third-order valence-corrected chi connectivity index (χ3v) is 4.23. The molecule has 0 spiro atoms. The van der Waals surface area contributed by atoms with Gasteiger partial charge in [0.1, 0.15) is 31.0 Å². The van der Waals surface area contributed by atoms with E-state index in [0.29, 0.717) is 12.0 Å². The number of para-hydroxylation sites is 1. The van der Waals surface area contributed by atoms with Gasteiger partial charge in [-0.15, -0.1) is 0 Å². The molecule has 9 heteroatoms. The molecule has 0 atom stereocenters. The summed E-state index contributed by atoms with van der Waals surface area (Å²) in [6, 6.07) is 9.05. The third kappa shape index (κ3) is 5.88. The molecule has 29 heavy (non-hydrogen) atoms. The van der Waals surface area contributed by atoms with Gasteiger partial charge in [0.25, 0.3) is 0 Å². The van der Waals surface area contributed by atoms with Gasteiger partial charge in [-0.25, -0.2) is 0 Å². The van der Waals surface area contributed by atoms with E-state index in [1.54, 1.807) is 0 Å². The molecule has 0 saturated heterocycles. The normalized spacial score (nSPS) is 12.2. The predicted octanol–water partition coefficient (Wildman–Crippen LogP) is 5.81. The van der Waals surface area contributed by atoms with Crippen molar-refractivity contribution in [2.75, 3.05) is 6.61 Å². The fourth-order valence-electron chi connectivity index (χ4n) is 2.64. The van der Waals surface area contributed by atoms with E-state index in [2.05, 4.69) is 0 Å². The molecule has 2 aromatic carbocycles. The minimum absolute atomic E-state index is 0.112. The Bertz CT molecular complexity index is 824. The zero-order valence-corrected chi connectivity index (χ0v) is 15.5. The first kappa shape index (κ1) is 22.6. The Balaban J connectivity index is 2.19. The Morgan fingerprint density at radius 3 is 2.03 bits per heavy atom. The van der Waals surface area contributed by atoms with E-state index in [1.165, 1.54) is 12.1 Å². The number of hydrogen-bond donors (Lipinski definition) is 0. The van der Waals surface area contributed by atoms with Gasteiger partial charge in [-0.3, -0.25) is 4.79 Å². The van der Waals surface area contributed by atoms with Crippen molar-refractivity contribution in [2.24, 2.45) is 5.92 Å². The van der Waals surface area contributed by atoms with Gasteiger partial charge >= 0.3 is 12.4 Å². The van der Waals surface area contributed by atoms with Crippen LogP contribution in [0.25, 0.3) is 0 Å². The molecule has 0 unspecified atom stereocenters. The first-order chi connectivity index (χ1) is 13.4. The molecule has 0 heterocycles. The number of carbonyl (C=O) groups is 1. The molecule has 2 aromatic rings. The number of aryl methyl sites for hydroxylation is 2. The maximum Gasteiger partial charge on any atom is 0.403 e. The van der Waals surface area contributed by atoms with Crippen LogP contribution in [0.5, 0.6) is 11.5 Å². The number of aldehydes is 1. The lowest BCUT2D eigenvalue weighted by molar-refractivity contribution is -0.289. The number of ether oxygens (including phenoxy) is 2. The van der Waals surface area contributed by atoms with Crippen LogP contribution in [0, 0.1) is 19.8 Å². The summed E-state index contributed by atoms with van der Waals surface area (Å²) in [6.45, 7) is 1.90. The minimum Gasteiger partial charge on any atom is -0.493 e. The highest BCUT2D eigenvalue weighted by Crippen LogP contribution is 2.39. The van der Waals surface area contributed by atoms with Crippen LogP contribution < -0.4 is 9.47 Å². The van der Waals surface area contributed by atoms with Gasteiger partial charge in [-0.2, -0.15) is 26.3 Å². The van der Waals surface area contributed by atoms with E-state index < -0.39 is 24.9 Å². The number of rotatable bonds is 7. The van der Waals surface area contributed by atoms with Gasteiger partial charge in [0.05, 0.1) is 0 Å². The molecule has 0 amide bonds. The lowest BCUT2D eigenvalue weighted by Gasteiger charge is -2.23. The topological polar surface area (TPSA) is 35.5 Å².